The number of carbonyl (C=O) groups excluding carboxylic acids is 2. The van der Waals surface area contributed by atoms with Gasteiger partial charge in [0.2, 0.25) is 11.8 Å². The molecule has 27 heavy (non-hydrogen) atoms. The molecule has 1 aliphatic heterocycles. The van der Waals surface area contributed by atoms with Crippen molar-refractivity contribution >= 4 is 11.8 Å². The quantitative estimate of drug-likeness (QED) is 0.428. The van der Waals surface area contributed by atoms with E-state index in [0.29, 0.717) is 25.9 Å². The minimum absolute atomic E-state index is 0.127. The van der Waals surface area contributed by atoms with E-state index in [9.17, 15) is 14.7 Å². The number of rotatable bonds is 9. The highest BCUT2D eigenvalue weighted by Gasteiger charge is 2.50. The summed E-state index contributed by atoms with van der Waals surface area (Å²) in [5, 5.41) is 15.3. The Morgan fingerprint density at radius 1 is 1.44 bits per heavy atom. The lowest BCUT2D eigenvalue weighted by molar-refractivity contribution is -0.175. The average molecular weight is 380 g/mol. The Bertz CT molecular complexity index is 582. The number of aliphatic hydroxyl groups is 1. The zero-order valence-corrected chi connectivity index (χ0v) is 16.2. The van der Waals surface area contributed by atoms with Crippen LogP contribution >= 0.6 is 0 Å². The zero-order chi connectivity index (χ0) is 19.9. The van der Waals surface area contributed by atoms with E-state index < -0.39 is 17.6 Å². The molecule has 152 valence electrons. The van der Waals surface area contributed by atoms with E-state index in [2.05, 4.69) is 15.5 Å². The number of hydrogen-bond acceptors (Lipinski definition) is 6. The first-order valence-electron chi connectivity index (χ1n) is 9.66. The molecule has 8 nitrogen and oxygen atoms in total. The number of carbonyl (C=O) groups is 2. The molecule has 1 heterocycles. The first kappa shape index (κ1) is 21.6. The predicted octanol–water partition coefficient (Wildman–Crippen LogP) is -0.501. The van der Waals surface area contributed by atoms with E-state index >= 15 is 0 Å². The van der Waals surface area contributed by atoms with Gasteiger partial charge in [-0.3, -0.25) is 14.5 Å². The molecule has 1 aliphatic carbocycles. The third kappa shape index (κ3) is 4.76. The van der Waals surface area contributed by atoms with Gasteiger partial charge < -0.3 is 26.2 Å². The molecule has 0 radical (unpaired) electrons. The van der Waals surface area contributed by atoms with Crippen LogP contribution in [0.5, 0.6) is 0 Å². The maximum absolute atomic E-state index is 12.4. The molecule has 0 bridgehead atoms. The average Bonchev–Trinajstić information content (AvgIpc) is 2.70. The fourth-order valence-corrected chi connectivity index (χ4v) is 3.78. The molecule has 5 N–H and O–H groups in total. The monoisotopic (exact) mass is 380 g/mol. The second-order valence-electron chi connectivity index (χ2n) is 6.89. The lowest BCUT2D eigenvalue weighted by Gasteiger charge is -2.50. The number of nitrogens with zero attached hydrogens (tertiary/aromatic N) is 1. The summed E-state index contributed by atoms with van der Waals surface area (Å²) in [7, 11) is 0. The van der Waals surface area contributed by atoms with Gasteiger partial charge >= 0.3 is 0 Å². The lowest BCUT2D eigenvalue weighted by Crippen LogP contribution is -2.65. The molecule has 2 aliphatic rings. The van der Waals surface area contributed by atoms with E-state index in [0.717, 1.165) is 18.7 Å². The second-order valence-corrected chi connectivity index (χ2v) is 6.89. The summed E-state index contributed by atoms with van der Waals surface area (Å²) in [4.78, 5) is 26.8. The molecule has 0 aromatic carbocycles. The number of amides is 2. The van der Waals surface area contributed by atoms with Gasteiger partial charge in [0.1, 0.15) is 12.5 Å². The van der Waals surface area contributed by atoms with Crippen LogP contribution in [-0.2, 0) is 14.3 Å². The van der Waals surface area contributed by atoms with Crippen molar-refractivity contribution in [2.45, 2.75) is 38.5 Å². The number of primary amides is 1. The normalized spacial score (nSPS) is 27.1. The van der Waals surface area contributed by atoms with E-state index in [1.54, 1.807) is 6.08 Å². The van der Waals surface area contributed by atoms with Crippen LogP contribution in [0.3, 0.4) is 0 Å². The van der Waals surface area contributed by atoms with Crippen LogP contribution in [0.2, 0.25) is 0 Å². The van der Waals surface area contributed by atoms with Crippen molar-refractivity contribution in [1.29, 1.82) is 0 Å². The lowest BCUT2D eigenvalue weighted by atomic mass is 9.80. The maximum Gasteiger partial charge on any atom is 0.246 e. The van der Waals surface area contributed by atoms with Crippen LogP contribution in [0.4, 0.5) is 0 Å². The van der Waals surface area contributed by atoms with Crippen molar-refractivity contribution in [3.63, 3.8) is 0 Å². The Morgan fingerprint density at radius 2 is 2.15 bits per heavy atom. The minimum atomic E-state index is -1.06. The van der Waals surface area contributed by atoms with Crippen LogP contribution in [0.1, 0.15) is 26.7 Å². The summed E-state index contributed by atoms with van der Waals surface area (Å²) < 4.78 is 6.22. The molecule has 3 atom stereocenters. The Balaban J connectivity index is 2.29. The Kier molecular flexibility index (Phi) is 7.97. The van der Waals surface area contributed by atoms with Crippen molar-refractivity contribution in [2.75, 3.05) is 39.4 Å². The summed E-state index contributed by atoms with van der Waals surface area (Å²) in [5.41, 5.74) is 5.59. The van der Waals surface area contributed by atoms with Gasteiger partial charge in [-0.05, 0) is 18.4 Å². The standard InChI is InChI=1S/C19H32N4O4/c1-3-14-6-5-7-16(18(20)26)19(14,23-10-8-21-9-11-23)27-13-17(25)22-15(4-2)12-24/h5-7,15-16,21,24H,3-4,8-13H2,1-2H3,(H2,20,26)(H,22,25). The van der Waals surface area contributed by atoms with Crippen molar-refractivity contribution in [2.24, 2.45) is 11.7 Å². The smallest absolute Gasteiger partial charge is 0.246 e. The topological polar surface area (TPSA) is 117 Å². The molecule has 2 amide bonds. The molecule has 3 unspecified atom stereocenters. The van der Waals surface area contributed by atoms with Gasteiger partial charge in [-0.15, -0.1) is 0 Å². The third-order valence-electron chi connectivity index (χ3n) is 5.26. The van der Waals surface area contributed by atoms with Gasteiger partial charge in [0.05, 0.1) is 12.6 Å². The van der Waals surface area contributed by atoms with Gasteiger partial charge in [-0.25, -0.2) is 0 Å². The highest BCUT2D eigenvalue weighted by atomic mass is 16.5. The van der Waals surface area contributed by atoms with E-state index in [1.807, 2.05) is 26.0 Å². The molecule has 8 heteroatoms. The SMILES string of the molecule is CCC1=CC=CC(C(N)=O)C1(OCC(=O)NC(CC)CO)N1CCNCC1. The zero-order valence-electron chi connectivity index (χ0n) is 16.2. The number of hydrogen-bond donors (Lipinski definition) is 4. The van der Waals surface area contributed by atoms with Crippen LogP contribution in [-0.4, -0.2) is 73.0 Å². The van der Waals surface area contributed by atoms with Crippen molar-refractivity contribution in [3.8, 4) is 0 Å². The predicted molar refractivity (Wildman–Crippen MR) is 103 cm³/mol. The highest BCUT2D eigenvalue weighted by Crippen LogP contribution is 2.39. The van der Waals surface area contributed by atoms with E-state index in [1.165, 1.54) is 0 Å². The molecule has 1 fully saturated rings. The number of ether oxygens (including phenoxy) is 1. The molecule has 2 rings (SSSR count). The Hall–Kier alpha value is -1.74. The van der Waals surface area contributed by atoms with Crippen LogP contribution < -0.4 is 16.4 Å². The fourth-order valence-electron chi connectivity index (χ4n) is 3.78. The highest BCUT2D eigenvalue weighted by molar-refractivity contribution is 5.82. The van der Waals surface area contributed by atoms with Crippen LogP contribution in [0.25, 0.3) is 0 Å². The summed E-state index contributed by atoms with van der Waals surface area (Å²) in [6, 6.07) is -0.310. The van der Waals surface area contributed by atoms with Crippen molar-refractivity contribution in [3.05, 3.63) is 23.8 Å². The van der Waals surface area contributed by atoms with E-state index in [4.69, 9.17) is 10.5 Å². The summed E-state index contributed by atoms with van der Waals surface area (Å²) in [5.74, 6) is -1.48. The Labute approximate surface area is 160 Å². The minimum Gasteiger partial charge on any atom is -0.394 e. The maximum atomic E-state index is 12.4. The van der Waals surface area contributed by atoms with Gasteiger partial charge in [-0.2, -0.15) is 0 Å². The number of allylic oxidation sites excluding steroid dienone is 2. The first-order chi connectivity index (χ1) is 13.0. The van der Waals surface area contributed by atoms with Crippen molar-refractivity contribution < 1.29 is 19.4 Å². The molecule has 0 aromatic heterocycles. The van der Waals surface area contributed by atoms with Crippen LogP contribution in [0.15, 0.2) is 23.8 Å². The molecular weight excluding hydrogens is 348 g/mol. The third-order valence-corrected chi connectivity index (χ3v) is 5.26. The molecule has 0 aromatic rings. The van der Waals surface area contributed by atoms with E-state index in [-0.39, 0.29) is 25.2 Å². The fraction of sp³-hybridized carbons (Fsp3) is 0.684. The van der Waals surface area contributed by atoms with Gasteiger partial charge in [0.25, 0.3) is 0 Å². The summed E-state index contributed by atoms with van der Waals surface area (Å²) >= 11 is 0. The number of piperazine rings is 1. The van der Waals surface area contributed by atoms with Gasteiger partial charge in [-0.1, -0.05) is 32.1 Å². The van der Waals surface area contributed by atoms with Gasteiger partial charge in [0, 0.05) is 26.2 Å². The van der Waals surface area contributed by atoms with Crippen LogP contribution in [0, 0.1) is 5.92 Å². The second kappa shape index (κ2) is 9.98. The Morgan fingerprint density at radius 3 is 2.70 bits per heavy atom. The number of aliphatic hydroxyl groups excluding tert-OH is 1. The summed E-state index contributed by atoms with van der Waals surface area (Å²) in [6.45, 7) is 6.46. The first-order valence-corrected chi connectivity index (χ1v) is 9.66. The number of nitrogens with two attached hydrogens (primary N) is 1. The van der Waals surface area contributed by atoms with Gasteiger partial charge in [0.15, 0.2) is 5.72 Å². The largest absolute Gasteiger partial charge is 0.394 e. The molecule has 1 saturated heterocycles. The molecule has 0 saturated carbocycles. The molecule has 0 spiro atoms. The molecular formula is C19H32N4O4. The number of nitrogens with one attached hydrogen (secondary N) is 2. The van der Waals surface area contributed by atoms with Crippen molar-refractivity contribution in [1.82, 2.24) is 15.5 Å². The summed E-state index contributed by atoms with van der Waals surface area (Å²) in [6.07, 6.45) is 6.83.